The van der Waals surface area contributed by atoms with E-state index in [4.69, 9.17) is 0 Å². The predicted molar refractivity (Wildman–Crippen MR) is 123 cm³/mol. The summed E-state index contributed by atoms with van der Waals surface area (Å²) in [5, 5.41) is 10.9. The Labute approximate surface area is 185 Å². The summed E-state index contributed by atoms with van der Waals surface area (Å²) in [6, 6.07) is 24.2. The molecule has 0 N–H and O–H groups in total. The average Bonchev–Trinajstić information content (AvgIpc) is 3.29. The van der Waals surface area contributed by atoms with Crippen molar-refractivity contribution in [2.45, 2.75) is 6.04 Å². The molecule has 0 atom stereocenters. The van der Waals surface area contributed by atoms with Gasteiger partial charge in [-0.3, -0.25) is 19.8 Å². The fourth-order valence-corrected chi connectivity index (χ4v) is 4.60. The molecule has 7 heteroatoms. The Morgan fingerprint density at radius 3 is 2.00 bits per heavy atom. The minimum absolute atomic E-state index is 0.0633. The normalized spacial score (nSPS) is 14.9. The maximum Gasteiger partial charge on any atom is 0.324 e. The van der Waals surface area contributed by atoms with Crippen molar-refractivity contribution in [3.63, 3.8) is 0 Å². The van der Waals surface area contributed by atoms with Crippen molar-refractivity contribution in [2.24, 2.45) is 0 Å². The lowest BCUT2D eigenvalue weighted by Gasteiger charge is -2.39. The van der Waals surface area contributed by atoms with Gasteiger partial charge in [0.25, 0.3) is 0 Å². The Morgan fingerprint density at radius 2 is 1.48 bits per heavy atom. The second-order valence-corrected chi connectivity index (χ2v) is 8.45. The van der Waals surface area contributed by atoms with Gasteiger partial charge in [-0.05, 0) is 23.3 Å². The van der Waals surface area contributed by atoms with Gasteiger partial charge in [-0.25, -0.2) is 0 Å². The summed E-state index contributed by atoms with van der Waals surface area (Å²) >= 11 is 1.06. The second-order valence-electron chi connectivity index (χ2n) is 7.35. The van der Waals surface area contributed by atoms with Gasteiger partial charge in [0.1, 0.15) is 0 Å². The van der Waals surface area contributed by atoms with Crippen LogP contribution in [0.3, 0.4) is 0 Å². The van der Waals surface area contributed by atoms with Crippen LogP contribution in [-0.2, 0) is 4.79 Å². The van der Waals surface area contributed by atoms with E-state index in [-0.39, 0.29) is 17.0 Å². The molecule has 158 valence electrons. The van der Waals surface area contributed by atoms with Gasteiger partial charge in [-0.1, -0.05) is 72.0 Å². The number of hydrogen-bond donors (Lipinski definition) is 0. The Kier molecular flexibility index (Phi) is 6.54. The Morgan fingerprint density at radius 1 is 0.903 bits per heavy atom. The first-order valence-corrected chi connectivity index (χ1v) is 11.0. The van der Waals surface area contributed by atoms with Gasteiger partial charge < -0.3 is 4.90 Å². The Balaban J connectivity index is 1.42. The third kappa shape index (κ3) is 5.07. The van der Waals surface area contributed by atoms with Gasteiger partial charge in [0.2, 0.25) is 5.91 Å². The molecule has 2 aromatic carbocycles. The molecule has 6 nitrogen and oxygen atoms in total. The van der Waals surface area contributed by atoms with Crippen molar-refractivity contribution < 1.29 is 9.72 Å². The average molecular weight is 434 g/mol. The number of nitro groups is 1. The molecule has 4 rings (SSSR count). The quantitative estimate of drug-likeness (QED) is 0.324. The van der Waals surface area contributed by atoms with E-state index in [2.05, 4.69) is 53.4 Å². The molecule has 0 unspecified atom stereocenters. The number of piperazine rings is 1. The van der Waals surface area contributed by atoms with Crippen LogP contribution in [0, 0.1) is 10.1 Å². The number of amides is 1. The summed E-state index contributed by atoms with van der Waals surface area (Å²) in [6.45, 7) is 2.84. The lowest BCUT2D eigenvalue weighted by Crippen LogP contribution is -2.49. The second kappa shape index (κ2) is 9.68. The summed E-state index contributed by atoms with van der Waals surface area (Å²) < 4.78 is 0. The van der Waals surface area contributed by atoms with E-state index in [1.165, 1.54) is 23.3 Å². The van der Waals surface area contributed by atoms with Crippen LogP contribution in [0.1, 0.15) is 22.0 Å². The molecule has 2 heterocycles. The zero-order valence-corrected chi connectivity index (χ0v) is 17.8. The molecule has 1 fully saturated rings. The number of benzene rings is 2. The molecule has 0 saturated carbocycles. The molecule has 1 aliphatic heterocycles. The van der Waals surface area contributed by atoms with E-state index in [0.717, 1.165) is 24.4 Å². The van der Waals surface area contributed by atoms with Crippen molar-refractivity contribution in [2.75, 3.05) is 26.2 Å². The van der Waals surface area contributed by atoms with Gasteiger partial charge in [-0.15, -0.1) is 0 Å². The number of thiophene rings is 1. The lowest BCUT2D eigenvalue weighted by atomic mass is 9.96. The number of carbonyl (C=O) groups is 1. The number of nitrogens with zero attached hydrogens (tertiary/aromatic N) is 3. The molecule has 1 saturated heterocycles. The zero-order valence-electron chi connectivity index (χ0n) is 17.0. The Hall–Kier alpha value is -3.29. The summed E-state index contributed by atoms with van der Waals surface area (Å²) in [5.74, 6) is -0.0633. The maximum atomic E-state index is 12.6. The standard InChI is InChI=1S/C24H23N3O3S/c28-22(13-11-21-12-14-23(31-21)27(29)30)25-15-17-26(18-16-25)24(19-7-3-1-4-8-19)20-9-5-2-6-10-20/h1-14,24H,15-18H2/b13-11+. The van der Waals surface area contributed by atoms with E-state index >= 15 is 0 Å². The fourth-order valence-electron chi connectivity index (χ4n) is 3.87. The van der Waals surface area contributed by atoms with E-state index in [1.54, 1.807) is 12.1 Å². The van der Waals surface area contributed by atoms with Crippen LogP contribution in [0.5, 0.6) is 0 Å². The van der Waals surface area contributed by atoms with Crippen molar-refractivity contribution in [1.29, 1.82) is 0 Å². The first-order valence-electron chi connectivity index (χ1n) is 10.2. The summed E-state index contributed by atoms with van der Waals surface area (Å²) in [6.07, 6.45) is 3.17. The van der Waals surface area contributed by atoms with Crippen LogP contribution in [-0.4, -0.2) is 46.8 Å². The first kappa shape index (κ1) is 21.0. The lowest BCUT2D eigenvalue weighted by molar-refractivity contribution is -0.380. The fraction of sp³-hybridized carbons (Fsp3) is 0.208. The van der Waals surface area contributed by atoms with Crippen LogP contribution in [0.15, 0.2) is 78.9 Å². The van der Waals surface area contributed by atoms with Crippen LogP contribution < -0.4 is 0 Å². The minimum atomic E-state index is -0.418. The number of hydrogen-bond acceptors (Lipinski definition) is 5. The molecular formula is C24H23N3O3S. The van der Waals surface area contributed by atoms with Crippen LogP contribution in [0.4, 0.5) is 5.00 Å². The van der Waals surface area contributed by atoms with Crippen molar-refractivity contribution >= 4 is 28.3 Å². The zero-order chi connectivity index (χ0) is 21.6. The molecule has 0 bridgehead atoms. The summed E-state index contributed by atoms with van der Waals surface area (Å²) in [7, 11) is 0. The summed E-state index contributed by atoms with van der Waals surface area (Å²) in [5.41, 5.74) is 2.49. The van der Waals surface area contributed by atoms with Gasteiger partial charge in [0.15, 0.2) is 0 Å². The van der Waals surface area contributed by atoms with E-state index in [1.807, 2.05) is 17.0 Å². The molecular weight excluding hydrogens is 410 g/mol. The van der Waals surface area contributed by atoms with Crippen LogP contribution >= 0.6 is 11.3 Å². The first-order chi connectivity index (χ1) is 15.1. The highest BCUT2D eigenvalue weighted by atomic mass is 32.1. The van der Waals surface area contributed by atoms with Gasteiger partial charge >= 0.3 is 5.00 Å². The molecule has 0 spiro atoms. The molecule has 0 radical (unpaired) electrons. The smallest absolute Gasteiger partial charge is 0.324 e. The molecule has 31 heavy (non-hydrogen) atoms. The van der Waals surface area contributed by atoms with Crippen LogP contribution in [0.2, 0.25) is 0 Å². The highest BCUT2D eigenvalue weighted by Gasteiger charge is 2.27. The molecule has 1 amide bonds. The SMILES string of the molecule is O=C(/C=C/c1ccc([N+](=O)[O-])s1)N1CCN(C(c2ccccc2)c2ccccc2)CC1. The summed E-state index contributed by atoms with van der Waals surface area (Å²) in [4.78, 5) is 28.0. The molecule has 3 aromatic rings. The maximum absolute atomic E-state index is 12.6. The number of rotatable bonds is 6. The Bertz CT molecular complexity index is 1020. The van der Waals surface area contributed by atoms with Crippen LogP contribution in [0.25, 0.3) is 6.08 Å². The third-order valence-corrected chi connectivity index (χ3v) is 6.41. The number of carbonyl (C=O) groups excluding carboxylic acids is 1. The highest BCUT2D eigenvalue weighted by molar-refractivity contribution is 7.16. The largest absolute Gasteiger partial charge is 0.337 e. The minimum Gasteiger partial charge on any atom is -0.337 e. The van der Waals surface area contributed by atoms with Gasteiger partial charge in [0.05, 0.1) is 11.0 Å². The molecule has 1 aliphatic rings. The van der Waals surface area contributed by atoms with E-state index in [9.17, 15) is 14.9 Å². The molecule has 1 aromatic heterocycles. The van der Waals surface area contributed by atoms with Gasteiger partial charge in [-0.2, -0.15) is 0 Å². The van der Waals surface area contributed by atoms with E-state index < -0.39 is 4.92 Å². The van der Waals surface area contributed by atoms with Crippen molar-refractivity contribution in [3.8, 4) is 0 Å². The monoisotopic (exact) mass is 433 g/mol. The van der Waals surface area contributed by atoms with E-state index in [0.29, 0.717) is 18.0 Å². The molecule has 0 aliphatic carbocycles. The van der Waals surface area contributed by atoms with Gasteiger partial charge in [0, 0.05) is 43.2 Å². The van der Waals surface area contributed by atoms with Crippen molar-refractivity contribution in [3.05, 3.63) is 105 Å². The van der Waals surface area contributed by atoms with Crippen molar-refractivity contribution in [1.82, 2.24) is 9.80 Å². The topological polar surface area (TPSA) is 66.7 Å². The predicted octanol–water partition coefficient (Wildman–Crippen LogP) is 4.60. The third-order valence-electron chi connectivity index (χ3n) is 5.40. The highest BCUT2D eigenvalue weighted by Crippen LogP contribution is 2.29.